The first-order chi connectivity index (χ1) is 10.2. The molecule has 0 aliphatic heterocycles. The third-order valence-corrected chi connectivity index (χ3v) is 5.14. The van der Waals surface area contributed by atoms with Crippen LogP contribution in [0.3, 0.4) is 0 Å². The van der Waals surface area contributed by atoms with Gasteiger partial charge in [0, 0.05) is 18.3 Å². The third kappa shape index (κ3) is 3.56. The number of nitrogens with one attached hydrogen (secondary N) is 1. The molecule has 0 fully saturated rings. The molecule has 1 heterocycles. The lowest BCUT2D eigenvalue weighted by atomic mass is 10.0. The Kier molecular flexibility index (Phi) is 4.72. The second kappa shape index (κ2) is 6.22. The molecule has 6 heteroatoms. The Morgan fingerprint density at radius 1 is 1.18 bits per heavy atom. The maximum Gasteiger partial charge on any atom is 0.244 e. The topological polar surface area (TPSA) is 64.0 Å². The van der Waals surface area contributed by atoms with E-state index in [9.17, 15) is 8.42 Å². The summed E-state index contributed by atoms with van der Waals surface area (Å²) in [6.07, 6.45) is 2.94. The fraction of sp³-hybridized carbons (Fsp3) is 0.438. The predicted molar refractivity (Wildman–Crippen MR) is 87.3 cm³/mol. The molecule has 0 spiro atoms. The van der Waals surface area contributed by atoms with E-state index in [2.05, 4.69) is 15.9 Å². The van der Waals surface area contributed by atoms with Crippen LogP contribution in [0, 0.1) is 13.8 Å². The van der Waals surface area contributed by atoms with Crippen LogP contribution in [0.2, 0.25) is 0 Å². The predicted octanol–water partition coefficient (Wildman–Crippen LogP) is 3.12. The molecule has 1 aromatic heterocycles. The van der Waals surface area contributed by atoms with Gasteiger partial charge in [0.05, 0.1) is 6.20 Å². The smallest absolute Gasteiger partial charge is 0.244 e. The van der Waals surface area contributed by atoms with Crippen LogP contribution in [-0.4, -0.2) is 18.2 Å². The summed E-state index contributed by atoms with van der Waals surface area (Å²) in [5.41, 5.74) is 3.22. The lowest BCUT2D eigenvalue weighted by Crippen LogP contribution is -2.27. The number of hydrogen-bond donors (Lipinski definition) is 1. The highest BCUT2D eigenvalue weighted by atomic mass is 32.2. The molecule has 2 aromatic rings. The van der Waals surface area contributed by atoms with Gasteiger partial charge >= 0.3 is 0 Å². The van der Waals surface area contributed by atoms with Crippen molar-refractivity contribution in [3.8, 4) is 0 Å². The van der Waals surface area contributed by atoms with Crippen molar-refractivity contribution in [1.29, 1.82) is 0 Å². The van der Waals surface area contributed by atoms with E-state index < -0.39 is 10.0 Å². The summed E-state index contributed by atoms with van der Waals surface area (Å²) in [7, 11) is -3.58. The van der Waals surface area contributed by atoms with Crippen LogP contribution in [0.1, 0.15) is 49.5 Å². The molecule has 0 radical (unpaired) electrons. The number of nitrogens with zero attached hydrogens (tertiary/aromatic N) is 2. The van der Waals surface area contributed by atoms with Crippen molar-refractivity contribution in [2.75, 3.05) is 0 Å². The normalized spacial score (nSPS) is 13.5. The van der Waals surface area contributed by atoms with E-state index in [-0.39, 0.29) is 17.0 Å². The van der Waals surface area contributed by atoms with Gasteiger partial charge in [0.25, 0.3) is 0 Å². The van der Waals surface area contributed by atoms with Crippen molar-refractivity contribution in [2.24, 2.45) is 0 Å². The van der Waals surface area contributed by atoms with Crippen molar-refractivity contribution in [3.63, 3.8) is 0 Å². The summed E-state index contributed by atoms with van der Waals surface area (Å²) >= 11 is 0. The third-order valence-electron chi connectivity index (χ3n) is 3.64. The maximum absolute atomic E-state index is 12.5. The van der Waals surface area contributed by atoms with Crippen LogP contribution in [0.15, 0.2) is 35.5 Å². The van der Waals surface area contributed by atoms with Crippen molar-refractivity contribution in [2.45, 2.75) is 51.6 Å². The fourth-order valence-electron chi connectivity index (χ4n) is 2.42. The molecule has 1 unspecified atom stereocenters. The Hall–Kier alpha value is -1.66. The molecule has 1 N–H and O–H groups in total. The van der Waals surface area contributed by atoms with Gasteiger partial charge in [-0.05, 0) is 45.7 Å². The second-order valence-electron chi connectivity index (χ2n) is 5.95. The van der Waals surface area contributed by atoms with Gasteiger partial charge in [-0.15, -0.1) is 0 Å². The Balaban J connectivity index is 2.23. The molecular weight excluding hydrogens is 298 g/mol. The van der Waals surface area contributed by atoms with Crippen LogP contribution in [0.5, 0.6) is 0 Å². The first-order valence-corrected chi connectivity index (χ1v) is 8.82. The Morgan fingerprint density at radius 3 is 2.41 bits per heavy atom. The van der Waals surface area contributed by atoms with Gasteiger partial charge in [-0.2, -0.15) is 5.10 Å². The lowest BCUT2D eigenvalue weighted by Gasteiger charge is -2.16. The lowest BCUT2D eigenvalue weighted by molar-refractivity contribution is 0.530. The van der Waals surface area contributed by atoms with E-state index in [1.165, 1.54) is 6.20 Å². The summed E-state index contributed by atoms with van der Waals surface area (Å²) in [5, 5.41) is 4.09. The number of aryl methyl sites for hydroxylation is 2. The van der Waals surface area contributed by atoms with Gasteiger partial charge in [0.2, 0.25) is 10.0 Å². The summed E-state index contributed by atoms with van der Waals surface area (Å²) in [4.78, 5) is 0.192. The van der Waals surface area contributed by atoms with Crippen molar-refractivity contribution < 1.29 is 8.42 Å². The summed E-state index contributed by atoms with van der Waals surface area (Å²) in [5.74, 6) is 0. The van der Waals surface area contributed by atoms with Crippen LogP contribution in [-0.2, 0) is 10.0 Å². The van der Waals surface area contributed by atoms with Gasteiger partial charge in [0.15, 0.2) is 0 Å². The zero-order valence-corrected chi connectivity index (χ0v) is 14.5. The molecule has 22 heavy (non-hydrogen) atoms. The average Bonchev–Trinajstić information content (AvgIpc) is 2.88. The Labute approximate surface area is 132 Å². The van der Waals surface area contributed by atoms with Gasteiger partial charge < -0.3 is 0 Å². The molecule has 0 bridgehead atoms. The number of benzene rings is 1. The molecule has 0 aliphatic rings. The van der Waals surface area contributed by atoms with Gasteiger partial charge in [-0.25, -0.2) is 13.1 Å². The molecule has 5 nitrogen and oxygen atoms in total. The Bertz CT molecular complexity index is 763. The van der Waals surface area contributed by atoms with Gasteiger partial charge in [0.1, 0.15) is 4.90 Å². The Morgan fingerprint density at radius 2 is 1.86 bits per heavy atom. The zero-order chi connectivity index (χ0) is 16.5. The minimum Gasteiger partial charge on any atom is -0.269 e. The van der Waals surface area contributed by atoms with E-state index in [0.717, 1.165) is 16.7 Å². The van der Waals surface area contributed by atoms with Crippen molar-refractivity contribution in [3.05, 3.63) is 47.3 Å². The molecule has 2 rings (SSSR count). The van der Waals surface area contributed by atoms with E-state index >= 15 is 0 Å². The van der Waals surface area contributed by atoms with E-state index in [1.54, 1.807) is 10.9 Å². The monoisotopic (exact) mass is 321 g/mol. The van der Waals surface area contributed by atoms with Crippen LogP contribution in [0.25, 0.3) is 0 Å². The van der Waals surface area contributed by atoms with Crippen molar-refractivity contribution in [1.82, 2.24) is 14.5 Å². The average molecular weight is 321 g/mol. The van der Waals surface area contributed by atoms with Crippen molar-refractivity contribution >= 4 is 10.0 Å². The molecule has 0 aliphatic carbocycles. The van der Waals surface area contributed by atoms with E-state index in [0.29, 0.717) is 0 Å². The molecule has 0 amide bonds. The van der Waals surface area contributed by atoms with Gasteiger partial charge in [-0.1, -0.05) is 23.8 Å². The van der Waals surface area contributed by atoms with Crippen LogP contribution >= 0.6 is 0 Å². The highest BCUT2D eigenvalue weighted by Gasteiger charge is 2.21. The van der Waals surface area contributed by atoms with Gasteiger partial charge in [-0.3, -0.25) is 4.68 Å². The molecule has 1 atom stereocenters. The van der Waals surface area contributed by atoms with E-state index in [1.807, 2.05) is 46.8 Å². The quantitative estimate of drug-likeness (QED) is 0.920. The standard InChI is InChI=1S/C16H23N3O2S/c1-11(2)19-10-15(9-17-19)22(20,21)18-14(5)16-7-6-12(3)8-13(16)4/h6-11,14,18H,1-5H3. The zero-order valence-electron chi connectivity index (χ0n) is 13.7. The maximum atomic E-state index is 12.5. The number of hydrogen-bond acceptors (Lipinski definition) is 3. The minimum atomic E-state index is -3.58. The summed E-state index contributed by atoms with van der Waals surface area (Å²) < 4.78 is 29.3. The molecule has 1 aromatic carbocycles. The van der Waals surface area contributed by atoms with Crippen LogP contribution < -0.4 is 4.72 Å². The highest BCUT2D eigenvalue weighted by Crippen LogP contribution is 2.21. The number of rotatable bonds is 5. The molecule has 0 saturated heterocycles. The highest BCUT2D eigenvalue weighted by molar-refractivity contribution is 7.89. The largest absolute Gasteiger partial charge is 0.269 e. The first-order valence-electron chi connectivity index (χ1n) is 7.34. The van der Waals surface area contributed by atoms with E-state index in [4.69, 9.17) is 0 Å². The SMILES string of the molecule is Cc1ccc(C(C)NS(=O)(=O)c2cnn(C(C)C)c2)c(C)c1. The van der Waals surface area contributed by atoms with Crippen LogP contribution in [0.4, 0.5) is 0 Å². The number of sulfonamides is 1. The number of aromatic nitrogens is 2. The first kappa shape index (κ1) is 16.7. The fourth-order valence-corrected chi connectivity index (χ4v) is 3.58. The molecule has 0 saturated carbocycles. The minimum absolute atomic E-state index is 0.126. The summed E-state index contributed by atoms with van der Waals surface area (Å²) in [6, 6.07) is 5.84. The second-order valence-corrected chi connectivity index (χ2v) is 7.67. The summed E-state index contributed by atoms with van der Waals surface area (Å²) in [6.45, 7) is 9.77. The molecular formula is C16H23N3O2S. The molecule has 120 valence electrons.